The standard InChI is InChI=1S/C30H41NO7/c1-3-5-6-7-8-9-10-11-12-13-14-24-15-19-26(20-16-24)37-23-28(32)29(30(33)36-4-2)38-27-21-17-25(18-22-27)31(34)35/h15-22,29H,3-14,23H2,1-2H3. The molecule has 0 saturated carbocycles. The number of Topliss-reactive ketones (excluding diaryl/α,β-unsaturated/α-hetero) is 1. The highest BCUT2D eigenvalue weighted by Crippen LogP contribution is 2.20. The number of nitro groups is 1. The molecule has 0 heterocycles. The molecule has 0 aliphatic carbocycles. The first-order valence-corrected chi connectivity index (χ1v) is 13.8. The van der Waals surface area contributed by atoms with Gasteiger partial charge in [0.05, 0.1) is 11.5 Å². The number of aryl methyl sites for hydroxylation is 1. The molecule has 0 aliphatic rings. The predicted octanol–water partition coefficient (Wildman–Crippen LogP) is 7.02. The summed E-state index contributed by atoms with van der Waals surface area (Å²) in [6, 6.07) is 12.7. The lowest BCUT2D eigenvalue weighted by Gasteiger charge is -2.17. The average Bonchev–Trinajstić information content (AvgIpc) is 2.92. The van der Waals surface area contributed by atoms with Crippen molar-refractivity contribution in [1.29, 1.82) is 0 Å². The van der Waals surface area contributed by atoms with E-state index < -0.39 is 22.8 Å². The predicted molar refractivity (Wildman–Crippen MR) is 147 cm³/mol. The fraction of sp³-hybridized carbons (Fsp3) is 0.533. The minimum Gasteiger partial charge on any atom is -0.486 e. The summed E-state index contributed by atoms with van der Waals surface area (Å²) >= 11 is 0. The number of hydrogen-bond donors (Lipinski definition) is 0. The van der Waals surface area contributed by atoms with Crippen molar-refractivity contribution in [3.63, 3.8) is 0 Å². The summed E-state index contributed by atoms with van der Waals surface area (Å²) in [4.78, 5) is 35.3. The molecule has 1 atom stereocenters. The lowest BCUT2D eigenvalue weighted by Crippen LogP contribution is -2.40. The van der Waals surface area contributed by atoms with Crippen LogP contribution in [0.25, 0.3) is 0 Å². The summed E-state index contributed by atoms with van der Waals surface area (Å²) in [5.74, 6) is -0.802. The Bertz CT molecular complexity index is 973. The van der Waals surface area contributed by atoms with Crippen LogP contribution in [0.3, 0.4) is 0 Å². The number of benzene rings is 2. The molecule has 208 valence electrons. The second-order valence-electron chi connectivity index (χ2n) is 9.33. The van der Waals surface area contributed by atoms with Gasteiger partial charge in [0, 0.05) is 12.1 Å². The Hall–Kier alpha value is -3.42. The minimum absolute atomic E-state index is 0.0770. The van der Waals surface area contributed by atoms with Crippen molar-refractivity contribution in [2.45, 2.75) is 90.6 Å². The number of carbonyl (C=O) groups is 2. The maximum Gasteiger partial charge on any atom is 0.355 e. The van der Waals surface area contributed by atoms with Gasteiger partial charge in [0.25, 0.3) is 11.8 Å². The number of nitrogens with zero attached hydrogens (tertiary/aromatic N) is 1. The van der Waals surface area contributed by atoms with Crippen LogP contribution in [-0.4, -0.2) is 36.0 Å². The van der Waals surface area contributed by atoms with Crippen LogP contribution >= 0.6 is 0 Å². The van der Waals surface area contributed by atoms with Gasteiger partial charge in [-0.25, -0.2) is 4.79 Å². The topological polar surface area (TPSA) is 105 Å². The molecular formula is C30H41NO7. The summed E-state index contributed by atoms with van der Waals surface area (Å²) in [6.45, 7) is 3.56. The van der Waals surface area contributed by atoms with E-state index in [1.165, 1.54) is 87.6 Å². The van der Waals surface area contributed by atoms with Gasteiger partial charge < -0.3 is 14.2 Å². The highest BCUT2D eigenvalue weighted by atomic mass is 16.6. The monoisotopic (exact) mass is 527 g/mol. The maximum atomic E-state index is 12.7. The number of rotatable bonds is 20. The van der Waals surface area contributed by atoms with Gasteiger partial charge >= 0.3 is 5.97 Å². The van der Waals surface area contributed by atoms with Gasteiger partial charge in [-0.15, -0.1) is 0 Å². The summed E-state index contributed by atoms with van der Waals surface area (Å²) in [6.07, 6.45) is 12.5. The Morgan fingerprint density at radius 1 is 0.789 bits per heavy atom. The number of nitro benzene ring substituents is 1. The number of carbonyl (C=O) groups excluding carboxylic acids is 2. The van der Waals surface area contributed by atoms with Gasteiger partial charge in [0.15, 0.2) is 6.61 Å². The van der Waals surface area contributed by atoms with Crippen molar-refractivity contribution in [1.82, 2.24) is 0 Å². The summed E-state index contributed by atoms with van der Waals surface area (Å²) in [5, 5.41) is 10.8. The van der Waals surface area contributed by atoms with Crippen molar-refractivity contribution >= 4 is 17.4 Å². The van der Waals surface area contributed by atoms with Crippen LogP contribution in [0.4, 0.5) is 5.69 Å². The molecule has 1 unspecified atom stereocenters. The first kappa shape index (κ1) is 30.8. The molecule has 38 heavy (non-hydrogen) atoms. The third-order valence-corrected chi connectivity index (χ3v) is 6.22. The minimum atomic E-state index is -1.54. The molecule has 0 spiro atoms. The van der Waals surface area contributed by atoms with E-state index in [4.69, 9.17) is 14.2 Å². The largest absolute Gasteiger partial charge is 0.486 e. The zero-order chi connectivity index (χ0) is 27.6. The maximum absolute atomic E-state index is 12.7. The quantitative estimate of drug-likeness (QED) is 0.0599. The zero-order valence-corrected chi connectivity index (χ0v) is 22.7. The molecule has 0 aromatic heterocycles. The van der Waals surface area contributed by atoms with E-state index in [2.05, 4.69) is 6.92 Å². The number of esters is 1. The average molecular weight is 528 g/mol. The fourth-order valence-electron chi connectivity index (χ4n) is 4.04. The lowest BCUT2D eigenvalue weighted by molar-refractivity contribution is -0.384. The highest BCUT2D eigenvalue weighted by molar-refractivity contribution is 6.03. The number of non-ortho nitro benzene ring substituents is 1. The molecule has 8 heteroatoms. The van der Waals surface area contributed by atoms with Crippen molar-refractivity contribution in [3.8, 4) is 11.5 Å². The van der Waals surface area contributed by atoms with Crippen LogP contribution in [0.2, 0.25) is 0 Å². The molecule has 2 rings (SSSR count). The Kier molecular flexibility index (Phi) is 14.5. The fourth-order valence-corrected chi connectivity index (χ4v) is 4.04. The van der Waals surface area contributed by atoms with E-state index in [0.717, 1.165) is 12.8 Å². The first-order valence-electron chi connectivity index (χ1n) is 13.8. The molecule has 0 fully saturated rings. The number of hydrogen-bond acceptors (Lipinski definition) is 7. The van der Waals surface area contributed by atoms with Gasteiger partial charge in [-0.2, -0.15) is 0 Å². The van der Waals surface area contributed by atoms with Crippen molar-refractivity contribution in [2.24, 2.45) is 0 Å². The number of unbranched alkanes of at least 4 members (excludes halogenated alkanes) is 9. The SMILES string of the molecule is CCCCCCCCCCCCc1ccc(OCC(=O)C(Oc2ccc([N+](=O)[O-])cc2)C(=O)OCC)cc1. The molecule has 0 amide bonds. The van der Waals surface area contributed by atoms with E-state index in [0.29, 0.717) is 5.75 Å². The van der Waals surface area contributed by atoms with Crippen LogP contribution in [0, 0.1) is 10.1 Å². The molecule has 0 N–H and O–H groups in total. The molecule has 8 nitrogen and oxygen atoms in total. The number of ketones is 1. The number of ether oxygens (including phenoxy) is 3. The van der Waals surface area contributed by atoms with E-state index in [1.807, 2.05) is 24.3 Å². The van der Waals surface area contributed by atoms with Gasteiger partial charge in [-0.05, 0) is 49.6 Å². The molecule has 0 saturated heterocycles. The summed E-state index contributed by atoms with van der Waals surface area (Å²) < 4.78 is 16.1. The van der Waals surface area contributed by atoms with Gasteiger partial charge in [0.2, 0.25) is 5.78 Å². The molecule has 2 aromatic carbocycles. The molecule has 0 bridgehead atoms. The second kappa shape index (κ2) is 17.9. The smallest absolute Gasteiger partial charge is 0.355 e. The second-order valence-corrected chi connectivity index (χ2v) is 9.33. The Morgan fingerprint density at radius 3 is 1.89 bits per heavy atom. The Morgan fingerprint density at radius 2 is 1.34 bits per heavy atom. The van der Waals surface area contributed by atoms with Gasteiger partial charge in [0.1, 0.15) is 11.5 Å². The van der Waals surface area contributed by atoms with Gasteiger partial charge in [-0.3, -0.25) is 14.9 Å². The third kappa shape index (κ3) is 11.8. The van der Waals surface area contributed by atoms with Crippen LogP contribution in [0.5, 0.6) is 11.5 Å². The Balaban J connectivity index is 1.76. The van der Waals surface area contributed by atoms with Crippen LogP contribution < -0.4 is 9.47 Å². The van der Waals surface area contributed by atoms with E-state index >= 15 is 0 Å². The summed E-state index contributed by atoms with van der Waals surface area (Å²) in [7, 11) is 0. The van der Waals surface area contributed by atoms with E-state index in [1.54, 1.807) is 6.92 Å². The normalized spacial score (nSPS) is 11.5. The Labute approximate surface area is 225 Å². The van der Waals surface area contributed by atoms with Crippen LogP contribution in [0.1, 0.15) is 83.6 Å². The van der Waals surface area contributed by atoms with Crippen molar-refractivity contribution in [2.75, 3.05) is 13.2 Å². The van der Waals surface area contributed by atoms with Crippen LogP contribution in [0.15, 0.2) is 48.5 Å². The highest BCUT2D eigenvalue weighted by Gasteiger charge is 2.31. The first-order chi connectivity index (χ1) is 18.4. The van der Waals surface area contributed by atoms with E-state index in [9.17, 15) is 19.7 Å². The molecule has 0 aliphatic heterocycles. The lowest BCUT2D eigenvalue weighted by atomic mass is 10.0. The van der Waals surface area contributed by atoms with Crippen LogP contribution in [-0.2, 0) is 20.7 Å². The zero-order valence-electron chi connectivity index (χ0n) is 22.7. The summed E-state index contributed by atoms with van der Waals surface area (Å²) in [5.41, 5.74) is 1.09. The van der Waals surface area contributed by atoms with Gasteiger partial charge in [-0.1, -0.05) is 76.8 Å². The van der Waals surface area contributed by atoms with E-state index in [-0.39, 0.29) is 24.7 Å². The van der Waals surface area contributed by atoms with Crippen molar-refractivity contribution in [3.05, 3.63) is 64.2 Å². The molecule has 2 aromatic rings. The van der Waals surface area contributed by atoms with Crippen molar-refractivity contribution < 1.29 is 28.7 Å². The third-order valence-electron chi connectivity index (χ3n) is 6.22. The molecular weight excluding hydrogens is 486 g/mol. The molecule has 0 radical (unpaired) electrons.